The van der Waals surface area contributed by atoms with Gasteiger partial charge in [-0.1, -0.05) is 36.4 Å². The Labute approximate surface area is 235 Å². The Morgan fingerprint density at radius 2 is 1.63 bits per heavy atom. The maximum Gasteiger partial charge on any atom is 0.303 e. The molecule has 1 heterocycles. The Hall–Kier alpha value is -4.76. The predicted molar refractivity (Wildman–Crippen MR) is 152 cm³/mol. The first kappa shape index (κ1) is 29.2. The van der Waals surface area contributed by atoms with Crippen molar-refractivity contribution in [1.29, 1.82) is 0 Å². The summed E-state index contributed by atoms with van der Waals surface area (Å²) in [7, 11) is -8.52. The van der Waals surface area contributed by atoms with Crippen molar-refractivity contribution in [2.75, 3.05) is 17.1 Å². The topological polar surface area (TPSA) is 172 Å². The number of nitro groups is 2. The molecule has 0 N–H and O–H groups in total. The van der Waals surface area contributed by atoms with Crippen molar-refractivity contribution >= 4 is 48.0 Å². The highest BCUT2D eigenvalue weighted by atomic mass is 32.2. The molecule has 0 saturated carbocycles. The van der Waals surface area contributed by atoms with E-state index >= 15 is 0 Å². The number of fused-ring (bicyclic) bond motifs is 1. The highest BCUT2D eigenvalue weighted by Gasteiger charge is 2.34. The van der Waals surface area contributed by atoms with E-state index in [1.165, 1.54) is 13.0 Å². The second-order valence-corrected chi connectivity index (χ2v) is 12.7. The van der Waals surface area contributed by atoms with E-state index in [-0.39, 0.29) is 51.6 Å². The molecular formula is C26H24N4O9S2. The first-order chi connectivity index (χ1) is 19.3. The number of hydrogen-bond donors (Lipinski definition) is 0. The maximum absolute atomic E-state index is 13.8. The molecule has 41 heavy (non-hydrogen) atoms. The molecule has 4 rings (SSSR count). The molecule has 15 heteroatoms. The summed E-state index contributed by atoms with van der Waals surface area (Å²) < 4.78 is 60.6. The van der Waals surface area contributed by atoms with Gasteiger partial charge in [0.1, 0.15) is 23.6 Å². The second-order valence-electron chi connectivity index (χ2n) is 8.94. The number of ether oxygens (including phenoxy) is 1. The number of nitro benzene ring substituents is 2. The van der Waals surface area contributed by atoms with Gasteiger partial charge in [0.05, 0.1) is 32.9 Å². The van der Waals surface area contributed by atoms with Crippen LogP contribution in [0.2, 0.25) is 0 Å². The Balaban J connectivity index is 2.07. The van der Waals surface area contributed by atoms with Crippen molar-refractivity contribution in [2.45, 2.75) is 18.4 Å². The third kappa shape index (κ3) is 5.62. The Kier molecular flexibility index (Phi) is 7.85. The summed E-state index contributed by atoms with van der Waals surface area (Å²) in [4.78, 5) is 21.7. The van der Waals surface area contributed by atoms with E-state index < -0.39 is 35.6 Å². The molecule has 0 spiro atoms. The molecule has 3 aromatic carbocycles. The number of hydrogen-bond acceptors (Lipinski definition) is 9. The van der Waals surface area contributed by atoms with Crippen LogP contribution in [0.5, 0.6) is 5.75 Å². The summed E-state index contributed by atoms with van der Waals surface area (Å²) in [5.41, 5.74) is -0.654. The smallest absolute Gasteiger partial charge is 0.303 e. The van der Waals surface area contributed by atoms with Gasteiger partial charge in [0.2, 0.25) is 10.0 Å². The molecule has 214 valence electrons. The van der Waals surface area contributed by atoms with Crippen LogP contribution in [0, 0.1) is 27.2 Å². The van der Waals surface area contributed by atoms with E-state index in [1.54, 1.807) is 30.3 Å². The molecule has 0 aliphatic rings. The predicted octanol–water partition coefficient (Wildman–Crippen LogP) is 4.53. The molecule has 1 aromatic heterocycles. The van der Waals surface area contributed by atoms with E-state index in [4.69, 9.17) is 4.74 Å². The van der Waals surface area contributed by atoms with E-state index in [0.29, 0.717) is 5.56 Å². The van der Waals surface area contributed by atoms with Gasteiger partial charge in [0.25, 0.3) is 15.7 Å². The van der Waals surface area contributed by atoms with E-state index in [2.05, 4.69) is 6.58 Å². The fraction of sp³-hybridized carbons (Fsp3) is 0.154. The van der Waals surface area contributed by atoms with Gasteiger partial charge in [-0.15, -0.1) is 6.58 Å². The largest absolute Gasteiger partial charge is 0.487 e. The molecule has 0 amide bonds. The summed E-state index contributed by atoms with van der Waals surface area (Å²) in [6.45, 7) is 4.62. The molecule has 0 atom stereocenters. The summed E-state index contributed by atoms with van der Waals surface area (Å²) in [5.74, 6) is -0.138. The van der Waals surface area contributed by atoms with Gasteiger partial charge in [0, 0.05) is 24.4 Å². The number of aromatic nitrogens is 1. The molecule has 0 unspecified atom stereocenters. The van der Waals surface area contributed by atoms with Gasteiger partial charge in [-0.2, -0.15) is 0 Å². The fourth-order valence-corrected chi connectivity index (χ4v) is 6.61. The van der Waals surface area contributed by atoms with E-state index in [9.17, 15) is 37.1 Å². The minimum Gasteiger partial charge on any atom is -0.487 e. The van der Waals surface area contributed by atoms with Gasteiger partial charge in [-0.05, 0) is 30.2 Å². The summed E-state index contributed by atoms with van der Waals surface area (Å²) >= 11 is 0. The molecule has 0 saturated heterocycles. The average molecular weight is 601 g/mol. The van der Waals surface area contributed by atoms with Gasteiger partial charge >= 0.3 is 5.69 Å². The number of sulfonamides is 1. The number of nitrogens with zero attached hydrogens (tertiary/aromatic N) is 4. The van der Waals surface area contributed by atoms with Crippen LogP contribution in [0.1, 0.15) is 11.1 Å². The van der Waals surface area contributed by atoms with Crippen LogP contribution in [-0.2, 0) is 26.7 Å². The second kappa shape index (κ2) is 11.0. The lowest BCUT2D eigenvalue weighted by atomic mass is 10.1. The van der Waals surface area contributed by atoms with Crippen molar-refractivity contribution in [2.24, 2.45) is 0 Å². The molecule has 0 fully saturated rings. The first-order valence-electron chi connectivity index (χ1n) is 11.9. The summed E-state index contributed by atoms with van der Waals surface area (Å²) in [5, 5.41) is 23.4. The lowest BCUT2D eigenvalue weighted by Gasteiger charge is -2.22. The van der Waals surface area contributed by atoms with Crippen LogP contribution in [0.25, 0.3) is 10.9 Å². The number of benzene rings is 3. The van der Waals surface area contributed by atoms with Crippen LogP contribution < -0.4 is 9.04 Å². The van der Waals surface area contributed by atoms with Crippen LogP contribution in [-0.4, -0.2) is 43.5 Å². The minimum absolute atomic E-state index is 0.0741. The Morgan fingerprint density at radius 3 is 2.17 bits per heavy atom. The molecule has 0 radical (unpaired) electrons. The maximum atomic E-state index is 13.8. The lowest BCUT2D eigenvalue weighted by molar-refractivity contribution is -0.384. The number of aryl methyl sites for hydroxylation is 1. The quantitative estimate of drug-likeness (QED) is 0.136. The number of anilines is 1. The van der Waals surface area contributed by atoms with Gasteiger partial charge in [-0.3, -0.25) is 24.5 Å². The molecule has 13 nitrogen and oxygen atoms in total. The highest BCUT2D eigenvalue weighted by Crippen LogP contribution is 2.45. The van der Waals surface area contributed by atoms with Crippen molar-refractivity contribution in [3.8, 4) is 5.75 Å². The number of non-ortho nitro benzene ring substituents is 1. The van der Waals surface area contributed by atoms with E-state index in [0.717, 1.165) is 51.1 Å². The zero-order chi connectivity index (χ0) is 30.1. The lowest BCUT2D eigenvalue weighted by Crippen LogP contribution is -2.30. The van der Waals surface area contributed by atoms with Crippen LogP contribution >= 0.6 is 0 Å². The minimum atomic E-state index is -4.46. The molecule has 0 aliphatic heterocycles. The molecule has 0 aliphatic carbocycles. The zero-order valence-electron chi connectivity index (χ0n) is 21.8. The average Bonchev–Trinajstić information content (AvgIpc) is 3.27. The monoisotopic (exact) mass is 600 g/mol. The third-order valence-corrected chi connectivity index (χ3v) is 8.95. The van der Waals surface area contributed by atoms with Gasteiger partial charge in [-0.25, -0.2) is 20.8 Å². The number of rotatable bonds is 11. The first-order valence-corrected chi connectivity index (χ1v) is 15.1. The van der Waals surface area contributed by atoms with Gasteiger partial charge in [0.15, 0.2) is 0 Å². The van der Waals surface area contributed by atoms with Crippen molar-refractivity contribution in [3.05, 3.63) is 111 Å². The third-order valence-electron chi connectivity index (χ3n) is 6.13. The van der Waals surface area contributed by atoms with Crippen molar-refractivity contribution in [1.82, 2.24) is 3.97 Å². The van der Waals surface area contributed by atoms with Crippen molar-refractivity contribution < 1.29 is 31.4 Å². The zero-order valence-corrected chi connectivity index (χ0v) is 23.5. The fourth-order valence-electron chi connectivity index (χ4n) is 4.31. The Bertz CT molecular complexity index is 1880. The normalized spacial score (nSPS) is 11.8. The van der Waals surface area contributed by atoms with Crippen LogP contribution in [0.3, 0.4) is 0 Å². The van der Waals surface area contributed by atoms with E-state index in [1.807, 2.05) is 0 Å². The van der Waals surface area contributed by atoms with Gasteiger partial charge < -0.3 is 4.74 Å². The van der Waals surface area contributed by atoms with Crippen LogP contribution in [0.15, 0.2) is 84.4 Å². The summed E-state index contributed by atoms with van der Waals surface area (Å²) in [6, 6.07) is 14.1. The molecular weight excluding hydrogens is 576 g/mol. The molecule has 4 aromatic rings. The standard InChI is InChI=1S/C26H24N4O9S2/c1-4-14-27(40(3,35)36)22-15-23(39-17-19-8-6-5-7-9-19)26-24(25(22)30(33)34)18(2)16-28(26)41(37,38)21-12-10-20(11-13-21)29(31)32/h4-13,15-16H,1,14,17H2,2-3H3. The highest BCUT2D eigenvalue weighted by molar-refractivity contribution is 7.92. The van der Waals surface area contributed by atoms with Crippen LogP contribution in [0.4, 0.5) is 17.1 Å². The molecule has 0 bridgehead atoms. The van der Waals surface area contributed by atoms with Crippen molar-refractivity contribution in [3.63, 3.8) is 0 Å². The SMILES string of the molecule is C=CCN(c1cc(OCc2ccccc2)c2c(c(C)cn2S(=O)(=O)c2ccc([N+](=O)[O-])cc2)c1[N+](=O)[O-])S(C)(=O)=O. The Morgan fingerprint density at radius 1 is 1.00 bits per heavy atom. The summed E-state index contributed by atoms with van der Waals surface area (Å²) in [6.07, 6.45) is 3.30.